The minimum Gasteiger partial charge on any atom is -0.468 e. The smallest absolute Gasteiger partial charge is 0.322 e. The maximum absolute atomic E-state index is 11.0. The molecule has 0 aromatic heterocycles. The second kappa shape index (κ2) is 5.02. The van der Waals surface area contributed by atoms with Gasteiger partial charge in [0.1, 0.15) is 6.04 Å². The Kier molecular flexibility index (Phi) is 3.96. The van der Waals surface area contributed by atoms with Crippen LogP contribution in [-0.2, 0) is 9.53 Å². The summed E-state index contributed by atoms with van der Waals surface area (Å²) in [7, 11) is 1.37. The van der Waals surface area contributed by atoms with Crippen molar-refractivity contribution in [2.45, 2.75) is 38.1 Å². The van der Waals surface area contributed by atoms with Crippen LogP contribution < -0.4 is 5.73 Å². The summed E-state index contributed by atoms with van der Waals surface area (Å²) in [6.45, 7) is 0. The van der Waals surface area contributed by atoms with Crippen LogP contribution in [0.25, 0.3) is 0 Å². The summed E-state index contributed by atoms with van der Waals surface area (Å²) >= 11 is 0. The summed E-state index contributed by atoms with van der Waals surface area (Å²) in [5.74, 6) is -0.313. The van der Waals surface area contributed by atoms with E-state index in [0.717, 1.165) is 12.8 Å². The molecule has 0 heterocycles. The fourth-order valence-corrected chi connectivity index (χ4v) is 1.61. The van der Waals surface area contributed by atoms with Crippen LogP contribution in [0, 0.1) is 0 Å². The van der Waals surface area contributed by atoms with Crippen molar-refractivity contribution in [3.63, 3.8) is 0 Å². The van der Waals surface area contributed by atoms with Gasteiger partial charge in [-0.2, -0.15) is 0 Å². The molecule has 0 amide bonds. The summed E-state index contributed by atoms with van der Waals surface area (Å²) in [6.07, 6.45) is 7.56. The van der Waals surface area contributed by atoms with Crippen molar-refractivity contribution in [1.29, 1.82) is 0 Å². The summed E-state index contributed by atoms with van der Waals surface area (Å²) in [5, 5.41) is 0. The Labute approximate surface area is 78.9 Å². The molecule has 0 fully saturated rings. The van der Waals surface area contributed by atoms with Gasteiger partial charge in [-0.05, 0) is 32.1 Å². The number of rotatable bonds is 3. The Balaban J connectivity index is 2.38. The van der Waals surface area contributed by atoms with Gasteiger partial charge < -0.3 is 10.5 Å². The summed E-state index contributed by atoms with van der Waals surface area (Å²) in [6, 6.07) is -0.477. The van der Waals surface area contributed by atoms with Crippen LogP contribution >= 0.6 is 0 Å². The highest BCUT2D eigenvalue weighted by molar-refractivity contribution is 5.75. The van der Waals surface area contributed by atoms with Crippen LogP contribution in [0.5, 0.6) is 0 Å². The van der Waals surface area contributed by atoms with Crippen LogP contribution in [0.2, 0.25) is 0 Å². The standard InChI is InChI=1S/C10H17NO2/c1-13-10(12)9(11)7-8-5-3-2-4-6-8/h5,9H,2-4,6-7,11H2,1H3/t9-/m0/s1. The van der Waals surface area contributed by atoms with Crippen molar-refractivity contribution < 1.29 is 9.53 Å². The van der Waals surface area contributed by atoms with Gasteiger partial charge in [0.2, 0.25) is 0 Å². The Morgan fingerprint density at radius 2 is 2.46 bits per heavy atom. The normalized spacial score (nSPS) is 19.1. The molecule has 3 nitrogen and oxygen atoms in total. The monoisotopic (exact) mass is 183 g/mol. The van der Waals surface area contributed by atoms with Crippen molar-refractivity contribution in [3.8, 4) is 0 Å². The van der Waals surface area contributed by atoms with Crippen molar-refractivity contribution in [3.05, 3.63) is 11.6 Å². The first kappa shape index (κ1) is 10.3. The molecule has 0 bridgehead atoms. The van der Waals surface area contributed by atoms with Gasteiger partial charge in [0.15, 0.2) is 0 Å². The lowest BCUT2D eigenvalue weighted by atomic mass is 9.94. The molecule has 1 rings (SSSR count). The van der Waals surface area contributed by atoms with Gasteiger partial charge in [0.25, 0.3) is 0 Å². The SMILES string of the molecule is COC(=O)[C@@H](N)CC1=CCCCC1. The minimum atomic E-state index is -0.477. The Morgan fingerprint density at radius 3 is 3.00 bits per heavy atom. The largest absolute Gasteiger partial charge is 0.468 e. The molecule has 0 saturated heterocycles. The third kappa shape index (κ3) is 3.19. The molecule has 1 aliphatic rings. The van der Waals surface area contributed by atoms with E-state index in [9.17, 15) is 4.79 Å². The van der Waals surface area contributed by atoms with E-state index in [0.29, 0.717) is 6.42 Å². The number of hydrogen-bond donors (Lipinski definition) is 1. The molecule has 0 unspecified atom stereocenters. The van der Waals surface area contributed by atoms with Gasteiger partial charge >= 0.3 is 5.97 Å². The fraction of sp³-hybridized carbons (Fsp3) is 0.700. The number of allylic oxidation sites excluding steroid dienone is 1. The second-order valence-electron chi connectivity index (χ2n) is 3.44. The van der Waals surface area contributed by atoms with E-state index in [-0.39, 0.29) is 5.97 Å². The maximum atomic E-state index is 11.0. The molecule has 74 valence electrons. The Hall–Kier alpha value is -0.830. The summed E-state index contributed by atoms with van der Waals surface area (Å²) in [4.78, 5) is 11.0. The average Bonchev–Trinajstić information content (AvgIpc) is 2.18. The molecule has 0 radical (unpaired) electrons. The zero-order chi connectivity index (χ0) is 9.68. The van der Waals surface area contributed by atoms with Crippen LogP contribution in [0.1, 0.15) is 32.1 Å². The number of ether oxygens (including phenoxy) is 1. The number of carbonyl (C=O) groups excluding carboxylic acids is 1. The lowest BCUT2D eigenvalue weighted by Gasteiger charge is -2.15. The molecule has 1 aliphatic carbocycles. The minimum absolute atomic E-state index is 0.313. The average molecular weight is 183 g/mol. The summed E-state index contributed by atoms with van der Waals surface area (Å²) in [5.41, 5.74) is 6.95. The number of carbonyl (C=O) groups is 1. The first-order chi connectivity index (χ1) is 6.24. The van der Waals surface area contributed by atoms with Crippen LogP contribution in [-0.4, -0.2) is 19.1 Å². The molecular weight excluding hydrogens is 166 g/mol. The molecule has 0 saturated carbocycles. The highest BCUT2D eigenvalue weighted by Gasteiger charge is 2.16. The van der Waals surface area contributed by atoms with Gasteiger partial charge in [-0.15, -0.1) is 0 Å². The quantitative estimate of drug-likeness (QED) is 0.531. The van der Waals surface area contributed by atoms with E-state index >= 15 is 0 Å². The molecule has 13 heavy (non-hydrogen) atoms. The molecular formula is C10H17NO2. The predicted octanol–water partition coefficient (Wildman–Crippen LogP) is 1.38. The van der Waals surface area contributed by atoms with Crippen LogP contribution in [0.3, 0.4) is 0 Å². The third-order valence-corrected chi connectivity index (χ3v) is 2.37. The third-order valence-electron chi connectivity index (χ3n) is 2.37. The lowest BCUT2D eigenvalue weighted by Crippen LogP contribution is -2.32. The Morgan fingerprint density at radius 1 is 1.69 bits per heavy atom. The first-order valence-electron chi connectivity index (χ1n) is 4.75. The lowest BCUT2D eigenvalue weighted by molar-refractivity contribution is -0.142. The van der Waals surface area contributed by atoms with Crippen molar-refractivity contribution in [2.24, 2.45) is 5.73 Å². The number of hydrogen-bond acceptors (Lipinski definition) is 3. The van der Waals surface area contributed by atoms with Gasteiger partial charge in [-0.1, -0.05) is 11.6 Å². The first-order valence-corrected chi connectivity index (χ1v) is 4.75. The topological polar surface area (TPSA) is 52.3 Å². The predicted molar refractivity (Wildman–Crippen MR) is 51.2 cm³/mol. The van der Waals surface area contributed by atoms with Crippen LogP contribution in [0.15, 0.2) is 11.6 Å². The number of esters is 1. The maximum Gasteiger partial charge on any atom is 0.322 e. The molecule has 0 aliphatic heterocycles. The van der Waals surface area contributed by atoms with E-state index < -0.39 is 6.04 Å². The highest BCUT2D eigenvalue weighted by Crippen LogP contribution is 2.20. The molecule has 2 N–H and O–H groups in total. The number of nitrogens with two attached hydrogens (primary N) is 1. The number of methoxy groups -OCH3 is 1. The summed E-state index contributed by atoms with van der Waals surface area (Å²) < 4.78 is 4.56. The fourth-order valence-electron chi connectivity index (χ4n) is 1.61. The molecule has 3 heteroatoms. The molecule has 1 atom stereocenters. The van der Waals surface area contributed by atoms with Crippen LogP contribution in [0.4, 0.5) is 0 Å². The zero-order valence-corrected chi connectivity index (χ0v) is 8.08. The zero-order valence-electron chi connectivity index (χ0n) is 8.08. The van der Waals surface area contributed by atoms with E-state index in [2.05, 4.69) is 10.8 Å². The van der Waals surface area contributed by atoms with E-state index in [1.165, 1.54) is 25.5 Å². The van der Waals surface area contributed by atoms with Gasteiger partial charge in [-0.25, -0.2) is 0 Å². The van der Waals surface area contributed by atoms with E-state index in [1.54, 1.807) is 0 Å². The van der Waals surface area contributed by atoms with Gasteiger partial charge in [-0.3, -0.25) is 4.79 Å². The van der Waals surface area contributed by atoms with E-state index in [4.69, 9.17) is 5.73 Å². The molecule has 0 aromatic carbocycles. The van der Waals surface area contributed by atoms with E-state index in [1.807, 2.05) is 0 Å². The molecule has 0 spiro atoms. The highest BCUT2D eigenvalue weighted by atomic mass is 16.5. The molecule has 0 aromatic rings. The van der Waals surface area contributed by atoms with Gasteiger partial charge in [0.05, 0.1) is 7.11 Å². The van der Waals surface area contributed by atoms with Crippen molar-refractivity contribution in [2.75, 3.05) is 7.11 Å². The van der Waals surface area contributed by atoms with Gasteiger partial charge in [0, 0.05) is 0 Å². The van der Waals surface area contributed by atoms with Crippen molar-refractivity contribution in [1.82, 2.24) is 0 Å². The second-order valence-corrected chi connectivity index (χ2v) is 3.44. The van der Waals surface area contributed by atoms with Crippen molar-refractivity contribution >= 4 is 5.97 Å². The Bertz CT molecular complexity index is 211.